The van der Waals surface area contributed by atoms with Crippen LogP contribution in [0.2, 0.25) is 0 Å². The second-order valence-electron chi connectivity index (χ2n) is 6.29. The fourth-order valence-corrected chi connectivity index (χ4v) is 2.66. The van der Waals surface area contributed by atoms with E-state index in [0.717, 1.165) is 19.4 Å². The van der Waals surface area contributed by atoms with E-state index in [2.05, 4.69) is 6.92 Å². The molecule has 1 N–H and O–H groups in total. The molecular weight excluding hydrogens is 317 g/mol. The number of hydrogen-bond donors (Lipinski definition) is 1. The molecule has 0 unspecified atom stereocenters. The van der Waals surface area contributed by atoms with Gasteiger partial charge >= 0.3 is 35.5 Å². The molecule has 6 heteroatoms. The molecule has 0 aliphatic rings. The van der Waals surface area contributed by atoms with Crippen LogP contribution in [0.5, 0.6) is 0 Å². The standard InChI is InChI=1S/C18H35NO4.Na/c1-2-3-4-5-6-7-8-9-10-11-14-19(15-12-17(20)21)16-13-18(22)23;/h2-16H2,1H3,(H,20,21)(H,22,23);/q;+1/p-1. The van der Waals surface area contributed by atoms with Gasteiger partial charge in [0.1, 0.15) is 0 Å². The number of carbonyl (C=O) groups excluding carboxylic acids is 1. The minimum atomic E-state index is -1.08. The molecule has 0 amide bonds. The van der Waals surface area contributed by atoms with Gasteiger partial charge in [0, 0.05) is 19.1 Å². The Kier molecular flexibility index (Phi) is 20.9. The maximum Gasteiger partial charge on any atom is 1.00 e. The molecule has 0 heterocycles. The average molecular weight is 351 g/mol. The van der Waals surface area contributed by atoms with Crippen LogP contribution >= 0.6 is 0 Å². The zero-order valence-corrected chi connectivity index (χ0v) is 17.7. The minimum absolute atomic E-state index is 0. The van der Waals surface area contributed by atoms with Crippen LogP contribution in [0.15, 0.2) is 0 Å². The molecule has 0 atom stereocenters. The molecule has 0 aromatic heterocycles. The predicted octanol–water partition coefficient (Wildman–Crippen LogP) is -0.172. The molecule has 0 aromatic rings. The van der Waals surface area contributed by atoms with Crippen molar-refractivity contribution in [3.8, 4) is 0 Å². The van der Waals surface area contributed by atoms with Gasteiger partial charge in [-0.05, 0) is 19.4 Å². The van der Waals surface area contributed by atoms with Crippen molar-refractivity contribution in [2.45, 2.75) is 84.0 Å². The number of carboxylic acids is 2. The van der Waals surface area contributed by atoms with Gasteiger partial charge in [-0.15, -0.1) is 0 Å². The van der Waals surface area contributed by atoms with E-state index in [1.165, 1.54) is 51.4 Å². The van der Waals surface area contributed by atoms with E-state index in [0.29, 0.717) is 13.1 Å². The van der Waals surface area contributed by atoms with Crippen LogP contribution in [0, 0.1) is 0 Å². The van der Waals surface area contributed by atoms with Crippen LogP contribution in [0.25, 0.3) is 0 Å². The maximum atomic E-state index is 10.6. The van der Waals surface area contributed by atoms with Gasteiger partial charge in [-0.1, -0.05) is 64.7 Å². The number of rotatable bonds is 17. The van der Waals surface area contributed by atoms with Crippen molar-refractivity contribution in [2.75, 3.05) is 19.6 Å². The Balaban J connectivity index is 0. The number of hydrogen-bond acceptors (Lipinski definition) is 4. The molecule has 0 aliphatic heterocycles. The molecule has 136 valence electrons. The Labute approximate surface area is 169 Å². The van der Waals surface area contributed by atoms with Gasteiger partial charge in [-0.25, -0.2) is 0 Å². The van der Waals surface area contributed by atoms with Gasteiger partial charge in [0.05, 0.1) is 6.42 Å². The molecule has 5 nitrogen and oxygen atoms in total. The van der Waals surface area contributed by atoms with E-state index in [1.54, 1.807) is 0 Å². The summed E-state index contributed by atoms with van der Waals surface area (Å²) in [5.74, 6) is -1.92. The molecule has 0 aliphatic carbocycles. The summed E-state index contributed by atoms with van der Waals surface area (Å²) in [6, 6.07) is 0. The summed E-state index contributed by atoms with van der Waals surface area (Å²) < 4.78 is 0. The summed E-state index contributed by atoms with van der Waals surface area (Å²) in [6.07, 6.45) is 12.6. The summed E-state index contributed by atoms with van der Waals surface area (Å²) in [7, 11) is 0. The van der Waals surface area contributed by atoms with E-state index in [-0.39, 0.29) is 42.4 Å². The molecular formula is C18H34NNaO4. The third-order valence-electron chi connectivity index (χ3n) is 4.10. The Morgan fingerprint density at radius 2 is 1.25 bits per heavy atom. The van der Waals surface area contributed by atoms with Crippen molar-refractivity contribution in [3.63, 3.8) is 0 Å². The summed E-state index contributed by atoms with van der Waals surface area (Å²) in [4.78, 5) is 23.1. The third-order valence-corrected chi connectivity index (χ3v) is 4.10. The largest absolute Gasteiger partial charge is 1.00 e. The smallest absolute Gasteiger partial charge is 0.550 e. The first-order chi connectivity index (χ1) is 11.1. The number of carbonyl (C=O) groups is 2. The van der Waals surface area contributed by atoms with Crippen LogP contribution < -0.4 is 34.7 Å². The summed E-state index contributed by atoms with van der Waals surface area (Å²) >= 11 is 0. The van der Waals surface area contributed by atoms with Crippen LogP contribution in [0.1, 0.15) is 84.0 Å². The fraction of sp³-hybridized carbons (Fsp3) is 0.889. The number of carboxylic acid groups (broad SMARTS) is 2. The number of nitrogens with zero attached hydrogens (tertiary/aromatic N) is 1. The monoisotopic (exact) mass is 351 g/mol. The molecule has 0 radical (unpaired) electrons. The van der Waals surface area contributed by atoms with Crippen LogP contribution in [-0.4, -0.2) is 41.6 Å². The predicted molar refractivity (Wildman–Crippen MR) is 90.2 cm³/mol. The maximum absolute atomic E-state index is 10.6. The molecule has 0 bridgehead atoms. The van der Waals surface area contributed by atoms with E-state index < -0.39 is 11.9 Å². The Bertz CT molecular complexity index is 295. The zero-order chi connectivity index (χ0) is 17.3. The van der Waals surface area contributed by atoms with Crippen molar-refractivity contribution in [2.24, 2.45) is 0 Å². The van der Waals surface area contributed by atoms with Crippen LogP contribution in [0.4, 0.5) is 0 Å². The van der Waals surface area contributed by atoms with Crippen molar-refractivity contribution >= 4 is 11.9 Å². The van der Waals surface area contributed by atoms with Gasteiger partial charge in [-0.3, -0.25) is 4.79 Å². The normalized spacial score (nSPS) is 10.6. The van der Waals surface area contributed by atoms with Gasteiger partial charge < -0.3 is 19.9 Å². The first-order valence-corrected chi connectivity index (χ1v) is 9.20. The molecule has 0 saturated heterocycles. The molecule has 0 saturated carbocycles. The zero-order valence-electron chi connectivity index (χ0n) is 15.7. The topological polar surface area (TPSA) is 80.7 Å². The van der Waals surface area contributed by atoms with Gasteiger partial charge in [-0.2, -0.15) is 0 Å². The first kappa shape index (κ1) is 26.1. The quantitative estimate of drug-likeness (QED) is 0.291. The van der Waals surface area contributed by atoms with E-state index in [9.17, 15) is 14.7 Å². The number of unbranched alkanes of at least 4 members (excludes halogenated alkanes) is 9. The Morgan fingerprint density at radius 3 is 1.71 bits per heavy atom. The summed E-state index contributed by atoms with van der Waals surface area (Å²) in [6.45, 7) is 3.80. The van der Waals surface area contributed by atoms with Crippen molar-refractivity contribution in [1.82, 2.24) is 4.90 Å². The summed E-state index contributed by atoms with van der Waals surface area (Å²) in [5.41, 5.74) is 0. The van der Waals surface area contributed by atoms with Crippen molar-refractivity contribution < 1.29 is 49.4 Å². The van der Waals surface area contributed by atoms with Gasteiger partial charge in [0.2, 0.25) is 0 Å². The molecule has 0 rings (SSSR count). The first-order valence-electron chi connectivity index (χ1n) is 9.20. The van der Waals surface area contributed by atoms with Gasteiger partial charge in [0.25, 0.3) is 0 Å². The minimum Gasteiger partial charge on any atom is -0.550 e. The molecule has 0 spiro atoms. The van der Waals surface area contributed by atoms with E-state index in [1.807, 2.05) is 4.90 Å². The molecule has 0 fully saturated rings. The van der Waals surface area contributed by atoms with Crippen LogP contribution in [-0.2, 0) is 9.59 Å². The Hall–Kier alpha value is -0.100. The summed E-state index contributed by atoms with van der Waals surface area (Å²) in [5, 5.41) is 19.3. The second-order valence-corrected chi connectivity index (χ2v) is 6.29. The fourth-order valence-electron chi connectivity index (χ4n) is 2.66. The third kappa shape index (κ3) is 19.9. The second kappa shape index (κ2) is 19.2. The van der Waals surface area contributed by atoms with E-state index in [4.69, 9.17) is 5.11 Å². The Morgan fingerprint density at radius 1 is 0.792 bits per heavy atom. The van der Waals surface area contributed by atoms with Gasteiger partial charge in [0.15, 0.2) is 0 Å². The van der Waals surface area contributed by atoms with Crippen molar-refractivity contribution in [1.29, 1.82) is 0 Å². The SMILES string of the molecule is CCCCCCCCCCCCN(CCC(=O)[O-])CCC(=O)O.[Na+]. The average Bonchev–Trinajstić information content (AvgIpc) is 2.50. The molecule has 0 aromatic carbocycles. The van der Waals surface area contributed by atoms with Crippen molar-refractivity contribution in [3.05, 3.63) is 0 Å². The van der Waals surface area contributed by atoms with Crippen LogP contribution in [0.3, 0.4) is 0 Å². The number of aliphatic carboxylic acids is 2. The van der Waals surface area contributed by atoms with E-state index >= 15 is 0 Å². The molecule has 24 heavy (non-hydrogen) atoms.